The smallest absolute Gasteiger partial charge is 0.229 e. The molecule has 1 atom stereocenters. The highest BCUT2D eigenvalue weighted by Crippen LogP contribution is 2.10. The van der Waals surface area contributed by atoms with E-state index in [0.29, 0.717) is 12.3 Å². The van der Waals surface area contributed by atoms with Crippen LogP contribution in [0.2, 0.25) is 0 Å². The third-order valence-corrected chi connectivity index (χ3v) is 2.84. The second-order valence-corrected chi connectivity index (χ2v) is 6.80. The molecule has 0 aliphatic heterocycles. The lowest BCUT2D eigenvalue weighted by Crippen LogP contribution is -2.13. The fraction of sp³-hybridized carbons (Fsp3) is 0.800. The van der Waals surface area contributed by atoms with Crippen LogP contribution in [0, 0.1) is 5.92 Å². The van der Waals surface area contributed by atoms with Crippen molar-refractivity contribution in [1.82, 2.24) is 10.1 Å². The zero-order valence-electron chi connectivity index (χ0n) is 10.3. The van der Waals surface area contributed by atoms with Gasteiger partial charge in [-0.25, -0.2) is 8.42 Å². The van der Waals surface area contributed by atoms with Crippen LogP contribution in [0.3, 0.4) is 0 Å². The van der Waals surface area contributed by atoms with Crippen molar-refractivity contribution >= 4 is 9.84 Å². The fourth-order valence-electron chi connectivity index (χ4n) is 1.50. The van der Waals surface area contributed by atoms with E-state index in [1.54, 1.807) is 0 Å². The monoisotopic (exact) mass is 262 g/mol. The molecule has 7 heteroatoms. The van der Waals surface area contributed by atoms with Crippen molar-refractivity contribution in [1.29, 1.82) is 0 Å². The molecule has 0 aliphatic carbocycles. The van der Waals surface area contributed by atoms with Crippen molar-refractivity contribution in [2.75, 3.05) is 6.26 Å². The molecule has 98 valence electrons. The first-order valence-corrected chi connectivity index (χ1v) is 7.49. The lowest BCUT2D eigenvalue weighted by molar-refractivity contribution is 0.138. The molecule has 0 bridgehead atoms. The quantitative estimate of drug-likeness (QED) is 0.805. The molecule has 1 unspecified atom stereocenters. The average molecular weight is 262 g/mol. The van der Waals surface area contributed by atoms with Crippen molar-refractivity contribution in [2.24, 2.45) is 5.92 Å². The molecule has 6 nitrogen and oxygen atoms in total. The Morgan fingerprint density at radius 1 is 1.41 bits per heavy atom. The van der Waals surface area contributed by atoms with Gasteiger partial charge in [0.1, 0.15) is 5.75 Å². The Bertz CT molecular complexity index is 453. The molecule has 1 aromatic rings. The van der Waals surface area contributed by atoms with Gasteiger partial charge in [0.15, 0.2) is 15.7 Å². The molecule has 1 aromatic heterocycles. The minimum absolute atomic E-state index is 0.138. The number of sulfone groups is 1. The third-order valence-electron chi connectivity index (χ3n) is 2.06. The van der Waals surface area contributed by atoms with Gasteiger partial charge in [-0.05, 0) is 12.3 Å². The number of hydrogen-bond donors (Lipinski definition) is 1. The molecular formula is C10H18N2O4S. The van der Waals surface area contributed by atoms with Gasteiger partial charge >= 0.3 is 0 Å². The van der Waals surface area contributed by atoms with Gasteiger partial charge in [-0.3, -0.25) is 0 Å². The lowest BCUT2D eigenvalue weighted by atomic mass is 10.0. The van der Waals surface area contributed by atoms with Crippen molar-refractivity contribution in [3.63, 3.8) is 0 Å². The molecule has 0 saturated heterocycles. The Labute approximate surface area is 101 Å². The molecule has 0 aliphatic rings. The summed E-state index contributed by atoms with van der Waals surface area (Å²) in [6.45, 7) is 4.01. The first kappa shape index (κ1) is 14.1. The van der Waals surface area contributed by atoms with E-state index >= 15 is 0 Å². The van der Waals surface area contributed by atoms with Gasteiger partial charge in [-0.1, -0.05) is 19.0 Å². The number of rotatable bonds is 6. The molecule has 0 radical (unpaired) electrons. The summed E-state index contributed by atoms with van der Waals surface area (Å²) in [5.41, 5.74) is 0. The van der Waals surface area contributed by atoms with Crippen LogP contribution in [-0.2, 0) is 22.0 Å². The van der Waals surface area contributed by atoms with Gasteiger partial charge in [0, 0.05) is 6.26 Å². The van der Waals surface area contributed by atoms with Crippen LogP contribution in [0.1, 0.15) is 32.0 Å². The Kier molecular flexibility index (Phi) is 4.64. The number of aromatic nitrogens is 2. The average Bonchev–Trinajstić information content (AvgIpc) is 2.46. The van der Waals surface area contributed by atoms with E-state index in [-0.39, 0.29) is 23.9 Å². The highest BCUT2D eigenvalue weighted by Gasteiger charge is 2.15. The molecule has 0 aromatic carbocycles. The molecule has 1 heterocycles. The van der Waals surface area contributed by atoms with E-state index < -0.39 is 15.9 Å². The van der Waals surface area contributed by atoms with Crippen LogP contribution in [-0.4, -0.2) is 36.0 Å². The highest BCUT2D eigenvalue weighted by molar-refractivity contribution is 7.89. The molecule has 0 amide bonds. The molecule has 0 fully saturated rings. The Balaban J connectivity index is 2.57. The van der Waals surface area contributed by atoms with Crippen molar-refractivity contribution in [3.8, 4) is 0 Å². The number of nitrogens with zero attached hydrogens (tertiary/aromatic N) is 2. The van der Waals surface area contributed by atoms with Crippen LogP contribution in [0.15, 0.2) is 4.52 Å². The second kappa shape index (κ2) is 5.59. The van der Waals surface area contributed by atoms with Gasteiger partial charge < -0.3 is 9.63 Å². The molecule has 1 rings (SSSR count). The maximum absolute atomic E-state index is 11.0. The highest BCUT2D eigenvalue weighted by atomic mass is 32.2. The molecule has 0 saturated carbocycles. The molecule has 17 heavy (non-hydrogen) atoms. The SMILES string of the molecule is CC(C)CC(O)Cc1nc(CS(C)(=O)=O)no1. The van der Waals surface area contributed by atoms with Crippen molar-refractivity contribution in [2.45, 2.75) is 38.5 Å². The van der Waals surface area contributed by atoms with Crippen LogP contribution >= 0.6 is 0 Å². The largest absolute Gasteiger partial charge is 0.393 e. The van der Waals surface area contributed by atoms with E-state index in [0.717, 1.165) is 6.26 Å². The fourth-order valence-corrected chi connectivity index (χ4v) is 2.08. The first-order valence-electron chi connectivity index (χ1n) is 5.43. The number of aliphatic hydroxyl groups excluding tert-OH is 1. The van der Waals surface area contributed by atoms with Crippen LogP contribution in [0.4, 0.5) is 0 Å². The summed E-state index contributed by atoms with van der Waals surface area (Å²) in [6, 6.07) is 0. The summed E-state index contributed by atoms with van der Waals surface area (Å²) in [7, 11) is -3.16. The van der Waals surface area contributed by atoms with E-state index in [4.69, 9.17) is 4.52 Å². The summed E-state index contributed by atoms with van der Waals surface area (Å²) in [5.74, 6) is 0.552. The number of aliphatic hydroxyl groups is 1. The summed E-state index contributed by atoms with van der Waals surface area (Å²) in [6.07, 6.45) is 1.47. The normalized spacial score (nSPS) is 14.2. The molecular weight excluding hydrogens is 244 g/mol. The minimum Gasteiger partial charge on any atom is -0.393 e. The third kappa shape index (κ3) is 5.78. The van der Waals surface area contributed by atoms with Gasteiger partial charge in [-0.2, -0.15) is 4.98 Å². The first-order chi connectivity index (χ1) is 7.76. The Morgan fingerprint density at radius 3 is 2.59 bits per heavy atom. The van der Waals surface area contributed by atoms with Gasteiger partial charge in [0.2, 0.25) is 5.89 Å². The van der Waals surface area contributed by atoms with E-state index in [9.17, 15) is 13.5 Å². The predicted octanol–water partition coefficient (Wildman–Crippen LogP) is 0.564. The van der Waals surface area contributed by atoms with Crippen LogP contribution < -0.4 is 0 Å². The topological polar surface area (TPSA) is 93.3 Å². The van der Waals surface area contributed by atoms with E-state index in [2.05, 4.69) is 10.1 Å². The van der Waals surface area contributed by atoms with Gasteiger partial charge in [0.05, 0.1) is 12.5 Å². The lowest BCUT2D eigenvalue weighted by Gasteiger charge is -2.09. The summed E-state index contributed by atoms with van der Waals surface area (Å²) < 4.78 is 26.9. The maximum Gasteiger partial charge on any atom is 0.229 e. The predicted molar refractivity (Wildman–Crippen MR) is 62.0 cm³/mol. The van der Waals surface area contributed by atoms with Crippen molar-refractivity contribution < 1.29 is 18.0 Å². The Morgan fingerprint density at radius 2 is 2.06 bits per heavy atom. The minimum atomic E-state index is -3.16. The van der Waals surface area contributed by atoms with Crippen LogP contribution in [0.25, 0.3) is 0 Å². The summed E-state index contributed by atoms with van der Waals surface area (Å²) in [5, 5.41) is 13.2. The van der Waals surface area contributed by atoms with Gasteiger partial charge in [-0.15, -0.1) is 0 Å². The van der Waals surface area contributed by atoms with Crippen LogP contribution in [0.5, 0.6) is 0 Å². The second-order valence-electron chi connectivity index (χ2n) is 4.66. The van der Waals surface area contributed by atoms with Crippen molar-refractivity contribution in [3.05, 3.63) is 11.7 Å². The zero-order chi connectivity index (χ0) is 13.1. The summed E-state index contributed by atoms with van der Waals surface area (Å²) in [4.78, 5) is 3.93. The van der Waals surface area contributed by atoms with E-state index in [1.807, 2.05) is 13.8 Å². The Hall–Kier alpha value is -0.950. The summed E-state index contributed by atoms with van der Waals surface area (Å²) >= 11 is 0. The molecule has 0 spiro atoms. The number of hydrogen-bond acceptors (Lipinski definition) is 6. The van der Waals surface area contributed by atoms with E-state index in [1.165, 1.54) is 0 Å². The zero-order valence-corrected chi connectivity index (χ0v) is 11.1. The molecule has 1 N–H and O–H groups in total. The van der Waals surface area contributed by atoms with Gasteiger partial charge in [0.25, 0.3) is 0 Å². The maximum atomic E-state index is 11.0. The standard InChI is InChI=1S/C10H18N2O4S/c1-7(2)4-8(13)5-10-11-9(12-16-10)6-17(3,14)15/h7-8,13H,4-6H2,1-3H3.